The number of rotatable bonds is 6. The van der Waals surface area contributed by atoms with E-state index in [4.69, 9.17) is 10.5 Å². The van der Waals surface area contributed by atoms with Gasteiger partial charge in [0.1, 0.15) is 12.3 Å². The van der Waals surface area contributed by atoms with Crippen LogP contribution in [0.1, 0.15) is 13.3 Å². The molecule has 5 N–H and O–H groups in total. The lowest BCUT2D eigenvalue weighted by Gasteiger charge is -2.28. The van der Waals surface area contributed by atoms with E-state index in [1.165, 1.54) is 10.9 Å². The number of hydrogen-bond acceptors (Lipinski definition) is 7. The molecule has 0 unspecified atom stereocenters. The minimum atomic E-state index is -1.04. The maximum absolute atomic E-state index is 11.6. The summed E-state index contributed by atoms with van der Waals surface area (Å²) >= 11 is 0. The zero-order valence-electron chi connectivity index (χ0n) is 11.0. The van der Waals surface area contributed by atoms with Gasteiger partial charge in [-0.05, 0) is 6.42 Å². The Hall–Kier alpha value is -1.97. The molecular formula is C11H17N5O4. The molecule has 0 aromatic carbocycles. The highest BCUT2D eigenvalue weighted by Crippen LogP contribution is 2.16. The predicted molar refractivity (Wildman–Crippen MR) is 70.8 cm³/mol. The smallest absolute Gasteiger partial charge is 0.280 e. The number of aliphatic hydroxyl groups excluding tert-OH is 2. The Bertz CT molecular complexity index is 638. The second kappa shape index (κ2) is 5.57. The topological polar surface area (TPSA) is 139 Å². The molecule has 0 radical (unpaired) electrons. The second-order valence-electron chi connectivity index (χ2n) is 4.46. The molecule has 0 spiro atoms. The third-order valence-corrected chi connectivity index (χ3v) is 3.22. The monoisotopic (exact) mass is 283 g/mol. The number of H-pyrrole nitrogens is 1. The van der Waals surface area contributed by atoms with Crippen LogP contribution in [0.2, 0.25) is 0 Å². The van der Waals surface area contributed by atoms with Gasteiger partial charge in [-0.15, -0.1) is 0 Å². The molecule has 2 heterocycles. The van der Waals surface area contributed by atoms with Gasteiger partial charge in [0, 0.05) is 0 Å². The Balaban J connectivity index is 2.29. The van der Waals surface area contributed by atoms with Crippen molar-refractivity contribution in [1.29, 1.82) is 0 Å². The molecule has 0 aliphatic carbocycles. The number of nitrogens with two attached hydrogens (primary N) is 1. The Morgan fingerprint density at radius 3 is 2.80 bits per heavy atom. The Labute approximate surface area is 114 Å². The first-order valence-corrected chi connectivity index (χ1v) is 6.11. The number of aliphatic hydroxyl groups is 2. The van der Waals surface area contributed by atoms with Gasteiger partial charge in [-0.2, -0.15) is 4.98 Å². The van der Waals surface area contributed by atoms with Crippen molar-refractivity contribution < 1.29 is 14.9 Å². The number of anilines is 1. The van der Waals surface area contributed by atoms with Crippen molar-refractivity contribution in [3.8, 4) is 0 Å². The quantitative estimate of drug-likeness (QED) is 0.522. The fourth-order valence-electron chi connectivity index (χ4n) is 1.74. The molecule has 9 nitrogen and oxygen atoms in total. The lowest BCUT2D eigenvalue weighted by Crippen LogP contribution is -2.40. The van der Waals surface area contributed by atoms with Gasteiger partial charge in [0.2, 0.25) is 5.95 Å². The third kappa shape index (κ3) is 2.50. The summed E-state index contributed by atoms with van der Waals surface area (Å²) < 4.78 is 7.02. The maximum atomic E-state index is 11.6. The highest BCUT2D eigenvalue weighted by atomic mass is 16.5. The summed E-state index contributed by atoms with van der Waals surface area (Å²) in [4.78, 5) is 21.9. The first-order chi connectivity index (χ1) is 9.55. The van der Waals surface area contributed by atoms with Gasteiger partial charge < -0.3 is 20.7 Å². The van der Waals surface area contributed by atoms with Crippen LogP contribution in [-0.4, -0.2) is 48.5 Å². The number of aromatic amines is 1. The molecule has 0 fully saturated rings. The van der Waals surface area contributed by atoms with Crippen LogP contribution in [0.5, 0.6) is 0 Å². The van der Waals surface area contributed by atoms with Gasteiger partial charge in [0.15, 0.2) is 11.2 Å². The number of fused-ring (bicyclic) bond motifs is 1. The van der Waals surface area contributed by atoms with Crippen LogP contribution >= 0.6 is 0 Å². The van der Waals surface area contributed by atoms with E-state index in [1.807, 2.05) is 0 Å². The van der Waals surface area contributed by atoms with Crippen molar-refractivity contribution >= 4 is 17.1 Å². The van der Waals surface area contributed by atoms with E-state index in [0.29, 0.717) is 6.42 Å². The molecule has 9 heteroatoms. The van der Waals surface area contributed by atoms with E-state index in [-0.39, 0.29) is 37.1 Å². The van der Waals surface area contributed by atoms with Gasteiger partial charge >= 0.3 is 0 Å². The minimum Gasteiger partial charge on any atom is -0.393 e. The molecule has 2 rings (SSSR count). The van der Waals surface area contributed by atoms with Crippen molar-refractivity contribution in [3.63, 3.8) is 0 Å². The summed E-state index contributed by atoms with van der Waals surface area (Å²) in [5, 5.41) is 18.6. The molecule has 20 heavy (non-hydrogen) atoms. The van der Waals surface area contributed by atoms with Crippen LogP contribution in [0.4, 0.5) is 5.95 Å². The molecular weight excluding hydrogens is 266 g/mol. The summed E-state index contributed by atoms with van der Waals surface area (Å²) in [5.74, 6) is -0.0182. The van der Waals surface area contributed by atoms with Gasteiger partial charge in [0.25, 0.3) is 5.56 Å². The number of ether oxygens (including phenoxy) is 1. The number of nitrogens with zero attached hydrogens (tertiary/aromatic N) is 3. The van der Waals surface area contributed by atoms with E-state index in [1.54, 1.807) is 6.92 Å². The van der Waals surface area contributed by atoms with Crippen LogP contribution in [0.3, 0.4) is 0 Å². The zero-order chi connectivity index (χ0) is 14.8. The molecule has 0 amide bonds. The van der Waals surface area contributed by atoms with Gasteiger partial charge in [-0.1, -0.05) is 6.92 Å². The molecule has 0 aliphatic rings. The fraction of sp³-hybridized carbons (Fsp3) is 0.545. The average molecular weight is 283 g/mol. The van der Waals surface area contributed by atoms with E-state index >= 15 is 0 Å². The SMILES string of the molecule is CCC(CO)(CO)OCn1cnc2c(=O)[nH]c(N)nc21. The summed E-state index contributed by atoms with van der Waals surface area (Å²) in [7, 11) is 0. The lowest BCUT2D eigenvalue weighted by atomic mass is 10.0. The summed E-state index contributed by atoms with van der Waals surface area (Å²) in [6.45, 7) is 1.15. The standard InChI is InChI=1S/C11H17N5O4/c1-2-11(3-17,4-18)20-6-16-5-13-7-8(16)14-10(12)15-9(7)19/h5,17-18H,2-4,6H2,1H3,(H3,12,14,15,19). The molecule has 0 saturated carbocycles. The van der Waals surface area contributed by atoms with Gasteiger partial charge in [-0.25, -0.2) is 4.98 Å². The second-order valence-corrected chi connectivity index (χ2v) is 4.46. The van der Waals surface area contributed by atoms with Crippen molar-refractivity contribution in [2.75, 3.05) is 18.9 Å². The molecule has 110 valence electrons. The Morgan fingerprint density at radius 2 is 2.20 bits per heavy atom. The van der Waals surface area contributed by atoms with E-state index in [0.717, 1.165) is 0 Å². The van der Waals surface area contributed by atoms with Crippen LogP contribution in [0.25, 0.3) is 11.2 Å². The van der Waals surface area contributed by atoms with E-state index < -0.39 is 11.2 Å². The lowest BCUT2D eigenvalue weighted by molar-refractivity contribution is -0.134. The molecule has 0 aliphatic heterocycles. The van der Waals surface area contributed by atoms with Crippen LogP contribution in [0, 0.1) is 0 Å². The Morgan fingerprint density at radius 1 is 1.50 bits per heavy atom. The largest absolute Gasteiger partial charge is 0.393 e. The average Bonchev–Trinajstić information content (AvgIpc) is 2.84. The zero-order valence-corrected chi connectivity index (χ0v) is 11.0. The third-order valence-electron chi connectivity index (χ3n) is 3.22. The van der Waals surface area contributed by atoms with Crippen LogP contribution in [0.15, 0.2) is 11.1 Å². The minimum absolute atomic E-state index is 0.0125. The van der Waals surface area contributed by atoms with E-state index in [2.05, 4.69) is 15.0 Å². The molecule has 0 bridgehead atoms. The number of nitrogen functional groups attached to an aromatic ring is 1. The summed E-state index contributed by atoms with van der Waals surface area (Å²) in [6, 6.07) is 0. The van der Waals surface area contributed by atoms with Crippen molar-refractivity contribution in [2.45, 2.75) is 25.7 Å². The number of hydrogen-bond donors (Lipinski definition) is 4. The highest BCUT2D eigenvalue weighted by Gasteiger charge is 2.27. The number of aromatic nitrogens is 4. The van der Waals surface area contributed by atoms with E-state index in [9.17, 15) is 15.0 Å². The van der Waals surface area contributed by atoms with Crippen LogP contribution < -0.4 is 11.3 Å². The maximum Gasteiger partial charge on any atom is 0.280 e. The van der Waals surface area contributed by atoms with Crippen molar-refractivity contribution in [3.05, 3.63) is 16.7 Å². The summed E-state index contributed by atoms with van der Waals surface area (Å²) in [5.41, 5.74) is 4.45. The van der Waals surface area contributed by atoms with Crippen molar-refractivity contribution in [2.24, 2.45) is 0 Å². The first kappa shape index (κ1) is 14.4. The fourth-order valence-corrected chi connectivity index (χ4v) is 1.74. The van der Waals surface area contributed by atoms with Crippen LogP contribution in [-0.2, 0) is 11.5 Å². The predicted octanol–water partition coefficient (Wildman–Crippen LogP) is -1.19. The van der Waals surface area contributed by atoms with Crippen molar-refractivity contribution in [1.82, 2.24) is 19.5 Å². The first-order valence-electron chi connectivity index (χ1n) is 6.11. The number of imidazole rings is 1. The molecule has 2 aromatic rings. The highest BCUT2D eigenvalue weighted by molar-refractivity contribution is 5.70. The number of nitrogens with one attached hydrogen (secondary N) is 1. The molecule has 0 atom stereocenters. The van der Waals surface area contributed by atoms with Gasteiger partial charge in [0.05, 0.1) is 19.5 Å². The summed E-state index contributed by atoms with van der Waals surface area (Å²) in [6.07, 6.45) is 1.82. The van der Waals surface area contributed by atoms with Gasteiger partial charge in [-0.3, -0.25) is 14.3 Å². The normalized spacial score (nSPS) is 12.2. The molecule has 2 aromatic heterocycles. The Kier molecular flexibility index (Phi) is 4.02. The molecule has 0 saturated heterocycles.